The summed E-state index contributed by atoms with van der Waals surface area (Å²) in [6, 6.07) is 8.94. The smallest absolute Gasteiger partial charge is 0.328 e. The van der Waals surface area contributed by atoms with Gasteiger partial charge in [0.1, 0.15) is 0 Å². The van der Waals surface area contributed by atoms with Crippen LogP contribution in [-0.4, -0.2) is 23.5 Å². The number of hydrogen-bond acceptors (Lipinski definition) is 3. The number of aromatic nitrogens is 1. The van der Waals surface area contributed by atoms with Gasteiger partial charge in [0, 0.05) is 5.39 Å². The van der Waals surface area contributed by atoms with Crippen LogP contribution in [0.3, 0.4) is 0 Å². The van der Waals surface area contributed by atoms with Gasteiger partial charge in [0.15, 0.2) is 0 Å². The van der Waals surface area contributed by atoms with Crippen LogP contribution in [-0.2, 0) is 4.79 Å². The van der Waals surface area contributed by atoms with Gasteiger partial charge >= 0.3 is 6.03 Å². The summed E-state index contributed by atoms with van der Waals surface area (Å²) in [6.45, 7) is 0.0473. The zero-order valence-electron chi connectivity index (χ0n) is 8.88. The minimum Gasteiger partial charge on any atom is -0.328 e. The molecule has 0 bridgehead atoms. The fourth-order valence-electron chi connectivity index (χ4n) is 1.87. The van der Waals surface area contributed by atoms with Gasteiger partial charge in [-0.1, -0.05) is 18.2 Å². The molecule has 84 valence electrons. The number of benzene rings is 1. The lowest BCUT2D eigenvalue weighted by atomic mass is 10.2. The van der Waals surface area contributed by atoms with Gasteiger partial charge in [-0.25, -0.2) is 9.69 Å². The number of nitrogens with zero attached hydrogens (tertiary/aromatic N) is 2. The maximum absolute atomic E-state index is 11.5. The molecular formula is C12H9N3O2. The van der Waals surface area contributed by atoms with E-state index in [9.17, 15) is 9.59 Å². The lowest BCUT2D eigenvalue weighted by Crippen LogP contribution is -2.30. The van der Waals surface area contributed by atoms with Crippen molar-refractivity contribution >= 4 is 28.5 Å². The molecule has 1 aromatic heterocycles. The third-order valence-electron chi connectivity index (χ3n) is 2.68. The number of rotatable bonds is 1. The topological polar surface area (TPSA) is 62.3 Å². The Morgan fingerprint density at radius 2 is 2.06 bits per heavy atom. The van der Waals surface area contributed by atoms with Gasteiger partial charge in [-0.05, 0) is 12.1 Å². The van der Waals surface area contributed by atoms with E-state index in [4.69, 9.17) is 0 Å². The van der Waals surface area contributed by atoms with Crippen LogP contribution in [0.25, 0.3) is 10.9 Å². The van der Waals surface area contributed by atoms with E-state index >= 15 is 0 Å². The van der Waals surface area contributed by atoms with Crippen LogP contribution in [0.4, 0.5) is 10.5 Å². The van der Waals surface area contributed by atoms with Gasteiger partial charge in [-0.2, -0.15) is 0 Å². The van der Waals surface area contributed by atoms with Gasteiger partial charge < -0.3 is 5.32 Å². The summed E-state index contributed by atoms with van der Waals surface area (Å²) in [5, 5.41) is 3.38. The van der Waals surface area contributed by atoms with Gasteiger partial charge in [0.2, 0.25) is 0 Å². The lowest BCUT2D eigenvalue weighted by molar-refractivity contribution is -0.115. The van der Waals surface area contributed by atoms with E-state index in [2.05, 4.69) is 10.3 Å². The van der Waals surface area contributed by atoms with E-state index in [1.807, 2.05) is 24.3 Å². The molecule has 1 aliphatic rings. The molecular weight excluding hydrogens is 218 g/mol. The van der Waals surface area contributed by atoms with Crippen LogP contribution < -0.4 is 10.2 Å². The van der Waals surface area contributed by atoms with Crippen molar-refractivity contribution in [1.82, 2.24) is 10.3 Å². The van der Waals surface area contributed by atoms with Crippen LogP contribution in [0.15, 0.2) is 36.5 Å². The number of urea groups is 1. The van der Waals surface area contributed by atoms with Gasteiger partial charge in [-0.3, -0.25) is 9.78 Å². The Bertz CT molecular complexity index is 608. The molecule has 0 aliphatic carbocycles. The molecule has 0 saturated carbocycles. The number of pyridine rings is 1. The fraction of sp³-hybridized carbons (Fsp3) is 0.0833. The van der Waals surface area contributed by atoms with Crippen LogP contribution in [0.5, 0.6) is 0 Å². The summed E-state index contributed by atoms with van der Waals surface area (Å²) in [5.74, 6) is -0.257. The zero-order chi connectivity index (χ0) is 11.8. The molecule has 1 N–H and O–H groups in total. The van der Waals surface area contributed by atoms with Gasteiger partial charge in [0.25, 0.3) is 5.91 Å². The third-order valence-corrected chi connectivity index (χ3v) is 2.68. The SMILES string of the molecule is O=C1CNC(=O)N1c1cnc2ccccc2c1. The summed E-state index contributed by atoms with van der Waals surface area (Å²) in [4.78, 5) is 28.4. The number of para-hydroxylation sites is 1. The number of imide groups is 1. The summed E-state index contributed by atoms with van der Waals surface area (Å²) < 4.78 is 0. The number of anilines is 1. The second-order valence-corrected chi connectivity index (χ2v) is 3.77. The lowest BCUT2D eigenvalue weighted by Gasteiger charge is -2.12. The molecule has 1 aliphatic heterocycles. The average molecular weight is 227 g/mol. The minimum absolute atomic E-state index is 0.0473. The molecule has 3 amide bonds. The number of nitrogens with one attached hydrogen (secondary N) is 1. The third kappa shape index (κ3) is 1.52. The van der Waals surface area contributed by atoms with Crippen molar-refractivity contribution in [2.45, 2.75) is 0 Å². The first-order valence-electron chi connectivity index (χ1n) is 5.21. The van der Waals surface area contributed by atoms with Gasteiger partial charge in [0.05, 0.1) is 23.9 Å². The maximum Gasteiger partial charge on any atom is 0.329 e. The first kappa shape index (κ1) is 9.77. The number of carbonyl (C=O) groups excluding carboxylic acids is 2. The van der Waals surface area contributed by atoms with Crippen LogP contribution >= 0.6 is 0 Å². The highest BCUT2D eigenvalue weighted by molar-refractivity contribution is 6.20. The normalized spacial score (nSPS) is 15.4. The van der Waals surface area contributed by atoms with Crippen molar-refractivity contribution in [3.8, 4) is 0 Å². The summed E-state index contributed by atoms with van der Waals surface area (Å²) in [7, 11) is 0. The second-order valence-electron chi connectivity index (χ2n) is 3.77. The van der Waals surface area contributed by atoms with Crippen LogP contribution in [0, 0.1) is 0 Å². The number of hydrogen-bond donors (Lipinski definition) is 1. The monoisotopic (exact) mass is 227 g/mol. The van der Waals surface area contributed by atoms with E-state index in [1.54, 1.807) is 6.07 Å². The first-order chi connectivity index (χ1) is 8.25. The Labute approximate surface area is 97.1 Å². The summed E-state index contributed by atoms with van der Waals surface area (Å²) in [5.41, 5.74) is 1.34. The minimum atomic E-state index is -0.396. The molecule has 17 heavy (non-hydrogen) atoms. The van der Waals surface area contributed by atoms with E-state index in [1.165, 1.54) is 6.20 Å². The molecule has 0 atom stereocenters. The Hall–Kier alpha value is -2.43. The van der Waals surface area contributed by atoms with Crippen molar-refractivity contribution in [1.29, 1.82) is 0 Å². The molecule has 5 nitrogen and oxygen atoms in total. The van der Waals surface area contributed by atoms with E-state index in [0.717, 1.165) is 15.8 Å². The zero-order valence-corrected chi connectivity index (χ0v) is 8.88. The average Bonchev–Trinajstić information content (AvgIpc) is 2.68. The van der Waals surface area contributed by atoms with Crippen LogP contribution in [0.2, 0.25) is 0 Å². The van der Waals surface area contributed by atoms with E-state index in [0.29, 0.717) is 5.69 Å². The largest absolute Gasteiger partial charge is 0.329 e. The Morgan fingerprint density at radius 3 is 2.82 bits per heavy atom. The van der Waals surface area contributed by atoms with Gasteiger partial charge in [-0.15, -0.1) is 0 Å². The highest BCUT2D eigenvalue weighted by Gasteiger charge is 2.30. The first-order valence-corrected chi connectivity index (χ1v) is 5.21. The summed E-state index contributed by atoms with van der Waals surface area (Å²) >= 11 is 0. The van der Waals surface area contributed by atoms with Crippen molar-refractivity contribution < 1.29 is 9.59 Å². The quantitative estimate of drug-likeness (QED) is 0.747. The number of amides is 3. The molecule has 1 saturated heterocycles. The fourth-order valence-corrected chi connectivity index (χ4v) is 1.87. The maximum atomic E-state index is 11.5. The molecule has 1 aromatic carbocycles. The van der Waals surface area contributed by atoms with Crippen molar-refractivity contribution in [3.05, 3.63) is 36.5 Å². The van der Waals surface area contributed by atoms with E-state index < -0.39 is 6.03 Å². The predicted molar refractivity (Wildman–Crippen MR) is 62.6 cm³/mol. The highest BCUT2D eigenvalue weighted by atomic mass is 16.2. The molecule has 0 unspecified atom stereocenters. The number of fused-ring (bicyclic) bond motifs is 1. The predicted octanol–water partition coefficient (Wildman–Crippen LogP) is 1.29. The molecule has 5 heteroatoms. The van der Waals surface area contributed by atoms with Crippen molar-refractivity contribution in [2.24, 2.45) is 0 Å². The molecule has 1 fully saturated rings. The van der Waals surface area contributed by atoms with E-state index in [-0.39, 0.29) is 12.5 Å². The molecule has 3 rings (SSSR count). The summed E-state index contributed by atoms with van der Waals surface area (Å²) in [6.07, 6.45) is 1.53. The molecule has 0 radical (unpaired) electrons. The molecule has 0 spiro atoms. The van der Waals surface area contributed by atoms with Crippen LogP contribution in [0.1, 0.15) is 0 Å². The molecule has 2 heterocycles. The Morgan fingerprint density at radius 1 is 1.24 bits per heavy atom. The van der Waals surface area contributed by atoms with Crippen molar-refractivity contribution in [3.63, 3.8) is 0 Å². The molecule has 2 aromatic rings. The Kier molecular flexibility index (Phi) is 2.04. The standard InChI is InChI=1S/C12H9N3O2/c16-11-7-14-12(17)15(11)9-5-8-3-1-2-4-10(8)13-6-9/h1-6H,7H2,(H,14,17). The second kappa shape index (κ2) is 3.55. The number of carbonyl (C=O) groups is 2. The Balaban J connectivity index is 2.12. The van der Waals surface area contributed by atoms with Crippen molar-refractivity contribution in [2.75, 3.05) is 11.4 Å². The highest BCUT2D eigenvalue weighted by Crippen LogP contribution is 2.21.